The zero-order valence-corrected chi connectivity index (χ0v) is 10.1. The van der Waals surface area contributed by atoms with Crippen LogP contribution in [0.5, 0.6) is 0 Å². The minimum absolute atomic E-state index is 0.0662. The molecule has 9 heteroatoms. The van der Waals surface area contributed by atoms with Crippen LogP contribution in [0.1, 0.15) is 6.42 Å². The van der Waals surface area contributed by atoms with Gasteiger partial charge in [-0.3, -0.25) is 4.79 Å². The maximum absolute atomic E-state index is 11.7. The summed E-state index contributed by atoms with van der Waals surface area (Å²) in [6.07, 6.45) is -3.04. The third kappa shape index (κ3) is 13.1. The Bertz CT molecular complexity index is 340. The maximum Gasteiger partial charge on any atom is 0.401 e. The number of rotatable bonds is 7. The van der Waals surface area contributed by atoms with Crippen LogP contribution in [-0.4, -0.2) is 52.1 Å². The third-order valence-electron chi connectivity index (χ3n) is 1.63. The summed E-state index contributed by atoms with van der Waals surface area (Å²) in [4.78, 5) is 11.0. The van der Waals surface area contributed by atoms with E-state index in [9.17, 15) is 26.4 Å². The number of sulfone groups is 1. The highest BCUT2D eigenvalue weighted by atomic mass is 32.2. The van der Waals surface area contributed by atoms with Crippen molar-refractivity contribution in [2.75, 3.05) is 31.6 Å². The van der Waals surface area contributed by atoms with Crippen LogP contribution in [0, 0.1) is 0 Å². The number of carbonyl (C=O) groups is 1. The molecule has 0 aliphatic carbocycles. The summed E-state index contributed by atoms with van der Waals surface area (Å²) >= 11 is 0. The number of amides is 1. The smallest absolute Gasteiger partial charge is 0.355 e. The van der Waals surface area contributed by atoms with Crippen LogP contribution < -0.4 is 10.6 Å². The summed E-state index contributed by atoms with van der Waals surface area (Å²) < 4.78 is 56.5. The molecule has 102 valence electrons. The highest BCUT2D eigenvalue weighted by Crippen LogP contribution is 2.11. The van der Waals surface area contributed by atoms with Gasteiger partial charge in [0.1, 0.15) is 9.84 Å². The van der Waals surface area contributed by atoms with Gasteiger partial charge in [-0.15, -0.1) is 0 Å². The van der Waals surface area contributed by atoms with Crippen LogP contribution in [-0.2, 0) is 14.6 Å². The number of hydrogen-bond donors (Lipinski definition) is 2. The van der Waals surface area contributed by atoms with Gasteiger partial charge in [-0.2, -0.15) is 13.2 Å². The summed E-state index contributed by atoms with van der Waals surface area (Å²) in [5.74, 6) is -0.661. The van der Waals surface area contributed by atoms with Crippen LogP contribution in [0.3, 0.4) is 0 Å². The first kappa shape index (κ1) is 16.2. The van der Waals surface area contributed by atoms with Gasteiger partial charge in [-0.25, -0.2) is 8.42 Å². The van der Waals surface area contributed by atoms with E-state index in [4.69, 9.17) is 0 Å². The van der Waals surface area contributed by atoms with Crippen LogP contribution in [0.2, 0.25) is 0 Å². The largest absolute Gasteiger partial charge is 0.401 e. The molecule has 5 nitrogen and oxygen atoms in total. The van der Waals surface area contributed by atoms with Crippen LogP contribution >= 0.6 is 0 Å². The topological polar surface area (TPSA) is 75.3 Å². The van der Waals surface area contributed by atoms with Gasteiger partial charge in [0, 0.05) is 12.8 Å². The van der Waals surface area contributed by atoms with E-state index in [1.165, 1.54) is 0 Å². The van der Waals surface area contributed by atoms with E-state index >= 15 is 0 Å². The lowest BCUT2D eigenvalue weighted by Crippen LogP contribution is -2.38. The third-order valence-corrected chi connectivity index (χ3v) is 2.66. The summed E-state index contributed by atoms with van der Waals surface area (Å²) in [5, 5.41) is 4.24. The minimum atomic E-state index is -4.35. The van der Waals surface area contributed by atoms with E-state index in [1.54, 1.807) is 0 Å². The second-order valence-corrected chi connectivity index (χ2v) is 5.81. The highest BCUT2D eigenvalue weighted by molar-refractivity contribution is 7.90. The van der Waals surface area contributed by atoms with Crippen molar-refractivity contribution in [1.82, 2.24) is 10.6 Å². The molecule has 0 atom stereocenters. The van der Waals surface area contributed by atoms with E-state index in [2.05, 4.69) is 5.32 Å². The van der Waals surface area contributed by atoms with Crippen molar-refractivity contribution < 1.29 is 26.4 Å². The van der Waals surface area contributed by atoms with E-state index < -0.39 is 35.0 Å². The Kier molecular flexibility index (Phi) is 6.46. The predicted molar refractivity (Wildman–Crippen MR) is 56.3 cm³/mol. The van der Waals surface area contributed by atoms with Crippen molar-refractivity contribution in [3.63, 3.8) is 0 Å². The van der Waals surface area contributed by atoms with Gasteiger partial charge in [0.15, 0.2) is 0 Å². The molecule has 0 aliphatic heterocycles. The van der Waals surface area contributed by atoms with Gasteiger partial charge < -0.3 is 10.6 Å². The first-order chi connectivity index (χ1) is 7.60. The Hall–Kier alpha value is -0.830. The molecule has 0 aliphatic rings. The van der Waals surface area contributed by atoms with Gasteiger partial charge in [0.05, 0.1) is 18.8 Å². The van der Waals surface area contributed by atoms with Crippen molar-refractivity contribution in [2.45, 2.75) is 12.6 Å². The van der Waals surface area contributed by atoms with Gasteiger partial charge >= 0.3 is 6.18 Å². The Balaban J connectivity index is 3.55. The molecule has 0 radical (unpaired) electrons. The molecule has 0 aromatic heterocycles. The van der Waals surface area contributed by atoms with Gasteiger partial charge in [0.25, 0.3) is 0 Å². The molecule has 0 bridgehead atoms. The molecular formula is C8H15F3N2O3S. The minimum Gasteiger partial charge on any atom is -0.355 e. The average Bonchev–Trinajstić information content (AvgIpc) is 2.09. The monoisotopic (exact) mass is 276 g/mol. The number of carbonyl (C=O) groups excluding carboxylic acids is 1. The van der Waals surface area contributed by atoms with Gasteiger partial charge in [-0.05, 0) is 6.42 Å². The number of nitrogens with one attached hydrogen (secondary N) is 2. The molecule has 0 aromatic carbocycles. The lowest BCUT2D eigenvalue weighted by molar-refractivity contribution is -0.128. The molecule has 0 spiro atoms. The quantitative estimate of drug-likeness (QED) is 0.625. The Labute approximate surface area is 97.7 Å². The fourth-order valence-electron chi connectivity index (χ4n) is 0.942. The van der Waals surface area contributed by atoms with E-state index in [-0.39, 0.29) is 18.7 Å². The Morgan fingerprint density at radius 2 is 1.88 bits per heavy atom. The first-order valence-electron chi connectivity index (χ1n) is 4.82. The lowest BCUT2D eigenvalue weighted by Gasteiger charge is -2.08. The van der Waals surface area contributed by atoms with E-state index in [0.29, 0.717) is 0 Å². The van der Waals surface area contributed by atoms with Crippen LogP contribution in [0.15, 0.2) is 0 Å². The molecular weight excluding hydrogens is 261 g/mol. The van der Waals surface area contributed by atoms with Gasteiger partial charge in [0.2, 0.25) is 5.91 Å². The molecule has 0 fully saturated rings. The molecule has 0 saturated carbocycles. The van der Waals surface area contributed by atoms with Crippen LogP contribution in [0.4, 0.5) is 13.2 Å². The van der Waals surface area contributed by atoms with Crippen LogP contribution in [0.25, 0.3) is 0 Å². The molecule has 0 aromatic rings. The molecule has 0 saturated heterocycles. The Morgan fingerprint density at radius 3 is 2.35 bits per heavy atom. The Morgan fingerprint density at radius 1 is 1.29 bits per heavy atom. The average molecular weight is 276 g/mol. The SMILES string of the molecule is CS(=O)(=O)CCCNC(=O)CNCC(F)(F)F. The maximum atomic E-state index is 11.7. The molecule has 0 heterocycles. The second-order valence-electron chi connectivity index (χ2n) is 3.55. The predicted octanol–water partition coefficient (Wildman–Crippen LogP) is -0.311. The molecule has 2 N–H and O–H groups in total. The summed E-state index contributed by atoms with van der Waals surface area (Å²) in [5.41, 5.74) is 0. The summed E-state index contributed by atoms with van der Waals surface area (Å²) in [7, 11) is -3.07. The van der Waals surface area contributed by atoms with Crippen molar-refractivity contribution >= 4 is 15.7 Å². The normalized spacial score (nSPS) is 12.5. The molecule has 0 rings (SSSR count). The first-order valence-corrected chi connectivity index (χ1v) is 6.88. The van der Waals surface area contributed by atoms with Crippen molar-refractivity contribution in [3.8, 4) is 0 Å². The van der Waals surface area contributed by atoms with E-state index in [1.807, 2.05) is 5.32 Å². The zero-order valence-electron chi connectivity index (χ0n) is 9.30. The second kappa shape index (κ2) is 6.80. The fourth-order valence-corrected chi connectivity index (χ4v) is 1.61. The fraction of sp³-hybridized carbons (Fsp3) is 0.875. The van der Waals surface area contributed by atoms with Crippen molar-refractivity contribution in [3.05, 3.63) is 0 Å². The summed E-state index contributed by atoms with van der Waals surface area (Å²) in [6.45, 7) is -1.55. The molecule has 0 unspecified atom stereocenters. The van der Waals surface area contributed by atoms with E-state index in [0.717, 1.165) is 6.26 Å². The van der Waals surface area contributed by atoms with Gasteiger partial charge in [-0.1, -0.05) is 0 Å². The molecule has 17 heavy (non-hydrogen) atoms. The summed E-state index contributed by atoms with van der Waals surface area (Å²) in [6, 6.07) is 0. The number of alkyl halides is 3. The number of halogens is 3. The van der Waals surface area contributed by atoms with Crippen molar-refractivity contribution in [1.29, 1.82) is 0 Å². The standard InChI is InChI=1S/C8H15F3N2O3S/c1-17(15,16)4-2-3-13-7(14)5-12-6-8(9,10)11/h12H,2-6H2,1H3,(H,13,14). The van der Waals surface area contributed by atoms with Crippen molar-refractivity contribution in [2.24, 2.45) is 0 Å². The lowest BCUT2D eigenvalue weighted by atomic mass is 10.4. The number of hydrogen-bond acceptors (Lipinski definition) is 4. The highest BCUT2D eigenvalue weighted by Gasteiger charge is 2.26. The zero-order chi connectivity index (χ0) is 13.5. The molecule has 1 amide bonds.